The van der Waals surface area contributed by atoms with E-state index < -0.39 is 5.79 Å². The highest BCUT2D eigenvalue weighted by molar-refractivity contribution is 4.97. The van der Waals surface area contributed by atoms with Crippen LogP contribution in [-0.4, -0.2) is 28.7 Å². The van der Waals surface area contributed by atoms with Gasteiger partial charge in [-0.05, 0) is 6.42 Å². The van der Waals surface area contributed by atoms with Crippen molar-refractivity contribution in [1.29, 1.82) is 5.26 Å². The van der Waals surface area contributed by atoms with Gasteiger partial charge in [0.15, 0.2) is 0 Å². The van der Waals surface area contributed by atoms with E-state index in [1.165, 1.54) is 0 Å². The van der Waals surface area contributed by atoms with Gasteiger partial charge in [-0.15, -0.1) is 0 Å². The molecule has 2 unspecified atom stereocenters. The lowest BCUT2D eigenvalue weighted by Crippen LogP contribution is -2.27. The molecule has 4 heteroatoms. The normalized spacial score (nSPS) is 39.5. The molecule has 0 aromatic carbocycles. The first kappa shape index (κ1) is 7.48. The molecule has 0 bridgehead atoms. The highest BCUT2D eigenvalue weighted by atomic mass is 16.6. The Morgan fingerprint density at radius 3 is 2.80 bits per heavy atom. The first-order chi connectivity index (χ1) is 4.70. The monoisotopic (exact) mass is 143 g/mol. The Morgan fingerprint density at radius 1 is 1.80 bits per heavy atom. The second kappa shape index (κ2) is 2.54. The van der Waals surface area contributed by atoms with Gasteiger partial charge in [-0.1, -0.05) is 0 Å². The summed E-state index contributed by atoms with van der Waals surface area (Å²) in [5.41, 5.74) is 0. The first-order valence-electron chi connectivity index (χ1n) is 3.12. The maximum atomic E-state index is 9.11. The molecule has 0 aromatic rings. The minimum absolute atomic E-state index is 0.135. The van der Waals surface area contributed by atoms with Crippen molar-refractivity contribution in [2.24, 2.45) is 0 Å². The number of nitriles is 1. The van der Waals surface area contributed by atoms with Crippen LogP contribution in [0.1, 0.15) is 12.8 Å². The lowest BCUT2D eigenvalue weighted by atomic mass is 10.2. The van der Waals surface area contributed by atoms with E-state index in [9.17, 15) is 0 Å². The third-order valence-electron chi connectivity index (χ3n) is 1.55. The Hall–Kier alpha value is -0.630. The van der Waals surface area contributed by atoms with Crippen LogP contribution in [0.25, 0.3) is 0 Å². The molecule has 0 saturated carbocycles. The average molecular weight is 143 g/mol. The van der Waals surface area contributed by atoms with Gasteiger partial charge in [0.1, 0.15) is 6.07 Å². The molecular weight excluding hydrogens is 134 g/mol. The number of ether oxygens (including phenoxy) is 1. The van der Waals surface area contributed by atoms with Gasteiger partial charge in [-0.25, -0.2) is 0 Å². The molecule has 1 rings (SSSR count). The fraction of sp³-hybridized carbons (Fsp3) is 0.833. The maximum Gasteiger partial charge on any atom is 0.257 e. The molecular formula is C6H9NO3. The highest BCUT2D eigenvalue weighted by Crippen LogP contribution is 2.26. The molecule has 0 aromatic heterocycles. The Bertz CT molecular complexity index is 165. The zero-order valence-corrected chi connectivity index (χ0v) is 5.45. The molecule has 1 aliphatic rings. The van der Waals surface area contributed by atoms with Gasteiger partial charge in [0.2, 0.25) is 0 Å². The summed E-state index contributed by atoms with van der Waals surface area (Å²) in [6, 6.07) is 1.63. The van der Waals surface area contributed by atoms with Crippen LogP contribution in [0.2, 0.25) is 0 Å². The molecule has 56 valence electrons. The van der Waals surface area contributed by atoms with Crippen molar-refractivity contribution < 1.29 is 14.9 Å². The van der Waals surface area contributed by atoms with Gasteiger partial charge in [0.05, 0.1) is 12.7 Å². The Labute approximate surface area is 58.7 Å². The van der Waals surface area contributed by atoms with E-state index in [0.717, 1.165) is 0 Å². The van der Waals surface area contributed by atoms with E-state index in [1.807, 2.05) is 0 Å². The molecule has 0 radical (unpaired) electrons. The Morgan fingerprint density at radius 2 is 2.50 bits per heavy atom. The van der Waals surface area contributed by atoms with Crippen molar-refractivity contribution in [3.05, 3.63) is 0 Å². The standard InChI is InChI=1S/C6H9NO3/c7-4-6(9)2-1-5(3-8)10-6/h5,8-9H,1-3H2. The molecule has 1 saturated heterocycles. The number of rotatable bonds is 1. The van der Waals surface area contributed by atoms with Crippen molar-refractivity contribution in [3.8, 4) is 6.07 Å². The summed E-state index contributed by atoms with van der Waals surface area (Å²) < 4.78 is 4.79. The fourth-order valence-corrected chi connectivity index (χ4v) is 0.961. The quantitative estimate of drug-likeness (QED) is 0.479. The van der Waals surface area contributed by atoms with Gasteiger partial charge in [0, 0.05) is 6.42 Å². The summed E-state index contributed by atoms with van der Waals surface area (Å²) in [6.07, 6.45) is 0.458. The first-order valence-corrected chi connectivity index (χ1v) is 3.12. The van der Waals surface area contributed by atoms with Crippen LogP contribution in [0.3, 0.4) is 0 Å². The zero-order chi connectivity index (χ0) is 7.61. The summed E-state index contributed by atoms with van der Waals surface area (Å²) in [7, 11) is 0. The Balaban J connectivity index is 2.51. The van der Waals surface area contributed by atoms with Crippen molar-refractivity contribution in [2.75, 3.05) is 6.61 Å². The zero-order valence-electron chi connectivity index (χ0n) is 5.45. The van der Waals surface area contributed by atoms with Crippen LogP contribution >= 0.6 is 0 Å². The van der Waals surface area contributed by atoms with Gasteiger partial charge in [-0.2, -0.15) is 5.26 Å². The molecule has 0 aliphatic carbocycles. The third kappa shape index (κ3) is 1.27. The van der Waals surface area contributed by atoms with Crippen LogP contribution in [0.15, 0.2) is 0 Å². The Kier molecular flexibility index (Phi) is 1.90. The third-order valence-corrected chi connectivity index (χ3v) is 1.55. The summed E-state index contributed by atoms with van der Waals surface area (Å²) in [6.45, 7) is -0.135. The van der Waals surface area contributed by atoms with Gasteiger partial charge in [-0.3, -0.25) is 0 Å². The van der Waals surface area contributed by atoms with Crippen molar-refractivity contribution >= 4 is 0 Å². The lowest BCUT2D eigenvalue weighted by molar-refractivity contribution is -0.156. The molecule has 1 heterocycles. The predicted molar refractivity (Wildman–Crippen MR) is 31.8 cm³/mol. The van der Waals surface area contributed by atoms with Crippen molar-refractivity contribution in [1.82, 2.24) is 0 Å². The SMILES string of the molecule is N#CC1(O)CCC(CO)O1. The fourth-order valence-electron chi connectivity index (χ4n) is 0.961. The van der Waals surface area contributed by atoms with Gasteiger partial charge < -0.3 is 14.9 Å². The van der Waals surface area contributed by atoms with Crippen molar-refractivity contribution in [2.45, 2.75) is 24.7 Å². The van der Waals surface area contributed by atoms with Gasteiger partial charge >= 0.3 is 0 Å². The number of aliphatic hydroxyl groups excluding tert-OH is 1. The van der Waals surface area contributed by atoms with E-state index in [0.29, 0.717) is 6.42 Å². The molecule has 2 atom stereocenters. The van der Waals surface area contributed by atoms with E-state index in [1.54, 1.807) is 6.07 Å². The minimum atomic E-state index is -1.65. The van der Waals surface area contributed by atoms with Crippen LogP contribution in [0, 0.1) is 11.3 Å². The summed E-state index contributed by atoms with van der Waals surface area (Å²) in [5, 5.41) is 26.0. The summed E-state index contributed by atoms with van der Waals surface area (Å²) in [5.74, 6) is -1.65. The van der Waals surface area contributed by atoms with Crippen LogP contribution in [0.4, 0.5) is 0 Å². The summed E-state index contributed by atoms with van der Waals surface area (Å²) in [4.78, 5) is 0. The minimum Gasteiger partial charge on any atom is -0.394 e. The van der Waals surface area contributed by atoms with Crippen LogP contribution in [0.5, 0.6) is 0 Å². The molecule has 4 nitrogen and oxygen atoms in total. The van der Waals surface area contributed by atoms with E-state index >= 15 is 0 Å². The van der Waals surface area contributed by atoms with Crippen LogP contribution in [-0.2, 0) is 4.74 Å². The van der Waals surface area contributed by atoms with Gasteiger partial charge in [0.25, 0.3) is 5.79 Å². The predicted octanol–water partition coefficient (Wildman–Crippen LogP) is -0.630. The molecule has 0 amide bonds. The number of hydrogen-bond acceptors (Lipinski definition) is 4. The van der Waals surface area contributed by atoms with Crippen molar-refractivity contribution in [3.63, 3.8) is 0 Å². The van der Waals surface area contributed by atoms with Crippen LogP contribution < -0.4 is 0 Å². The second-order valence-corrected chi connectivity index (χ2v) is 2.36. The van der Waals surface area contributed by atoms with E-state index in [-0.39, 0.29) is 19.1 Å². The topological polar surface area (TPSA) is 73.5 Å². The number of hydrogen-bond donors (Lipinski definition) is 2. The molecule has 10 heavy (non-hydrogen) atoms. The van der Waals surface area contributed by atoms with E-state index in [2.05, 4.69) is 0 Å². The number of nitrogens with zero attached hydrogens (tertiary/aromatic N) is 1. The molecule has 0 spiro atoms. The number of aliphatic hydroxyl groups is 2. The molecule has 1 fully saturated rings. The largest absolute Gasteiger partial charge is 0.394 e. The average Bonchev–Trinajstić information content (AvgIpc) is 2.33. The smallest absolute Gasteiger partial charge is 0.257 e. The molecule has 1 aliphatic heterocycles. The highest BCUT2D eigenvalue weighted by Gasteiger charge is 2.38. The molecule has 2 N–H and O–H groups in total. The lowest BCUT2D eigenvalue weighted by Gasteiger charge is -2.12. The summed E-state index contributed by atoms with van der Waals surface area (Å²) >= 11 is 0. The maximum absolute atomic E-state index is 9.11. The second-order valence-electron chi connectivity index (χ2n) is 2.36. The van der Waals surface area contributed by atoms with E-state index in [4.69, 9.17) is 20.2 Å².